The van der Waals surface area contributed by atoms with E-state index in [1.165, 1.54) is 19.4 Å². The zero-order chi connectivity index (χ0) is 13.5. The van der Waals surface area contributed by atoms with E-state index >= 15 is 0 Å². The van der Waals surface area contributed by atoms with Crippen molar-refractivity contribution in [2.45, 2.75) is 31.3 Å². The first-order valence-electron chi connectivity index (χ1n) is 7.14. The molecule has 0 spiro atoms. The second-order valence-electron chi connectivity index (χ2n) is 5.63. The lowest BCUT2D eigenvalue weighted by Gasteiger charge is -2.17. The summed E-state index contributed by atoms with van der Waals surface area (Å²) in [4.78, 5) is 6.66. The summed E-state index contributed by atoms with van der Waals surface area (Å²) >= 11 is 5.44. The lowest BCUT2D eigenvalue weighted by atomic mass is 10.2. The number of hydrogen-bond acceptors (Lipinski definition) is 4. The molecule has 1 aliphatic carbocycles. The van der Waals surface area contributed by atoms with Gasteiger partial charge in [-0.15, -0.1) is 0 Å². The van der Waals surface area contributed by atoms with Crippen molar-refractivity contribution in [3.63, 3.8) is 0 Å². The molecule has 1 N–H and O–H groups in total. The number of hydrogen-bond donors (Lipinski definition) is 1. The minimum absolute atomic E-state index is 0.435. The molecule has 2 aromatic rings. The zero-order valence-electron chi connectivity index (χ0n) is 11.2. The van der Waals surface area contributed by atoms with Crippen LogP contribution >= 0.6 is 12.2 Å². The van der Waals surface area contributed by atoms with Gasteiger partial charge in [0.15, 0.2) is 10.6 Å². The lowest BCUT2D eigenvalue weighted by Crippen LogP contribution is -2.24. The molecule has 1 atom stereocenters. The van der Waals surface area contributed by atoms with E-state index in [1.807, 2.05) is 12.1 Å². The Hall–Kier alpha value is -1.53. The van der Waals surface area contributed by atoms with Crippen LogP contribution in [0.5, 0.6) is 0 Å². The lowest BCUT2D eigenvalue weighted by molar-refractivity contribution is 0.313. The number of H-pyrrole nitrogens is 1. The fraction of sp³-hybridized carbons (Fsp3) is 0.500. The normalized spacial score (nSPS) is 23.3. The number of aromatic amines is 1. The third-order valence-electron chi connectivity index (χ3n) is 4.27. The molecule has 0 radical (unpaired) electrons. The third kappa shape index (κ3) is 2.09. The van der Waals surface area contributed by atoms with Gasteiger partial charge >= 0.3 is 0 Å². The van der Waals surface area contributed by atoms with Crippen LogP contribution in [0.1, 0.15) is 25.3 Å². The van der Waals surface area contributed by atoms with Crippen LogP contribution in [0.15, 0.2) is 24.5 Å². The first-order valence-corrected chi connectivity index (χ1v) is 7.55. The quantitative estimate of drug-likeness (QED) is 0.881. The minimum atomic E-state index is 0.435. The molecule has 0 bridgehead atoms. The maximum Gasteiger partial charge on any atom is 0.195 e. The summed E-state index contributed by atoms with van der Waals surface area (Å²) in [5, 5.41) is 7.36. The van der Waals surface area contributed by atoms with Gasteiger partial charge < -0.3 is 0 Å². The molecule has 2 aliphatic rings. The Kier molecular flexibility index (Phi) is 2.93. The van der Waals surface area contributed by atoms with E-state index in [1.54, 1.807) is 12.4 Å². The summed E-state index contributed by atoms with van der Waals surface area (Å²) in [6.45, 7) is 2.27. The number of pyridine rings is 1. The van der Waals surface area contributed by atoms with Crippen molar-refractivity contribution >= 4 is 12.2 Å². The summed E-state index contributed by atoms with van der Waals surface area (Å²) in [5.41, 5.74) is 1.07. The van der Waals surface area contributed by atoms with Gasteiger partial charge in [0.1, 0.15) is 0 Å². The van der Waals surface area contributed by atoms with E-state index in [4.69, 9.17) is 12.2 Å². The van der Waals surface area contributed by atoms with Gasteiger partial charge in [0, 0.05) is 37.1 Å². The van der Waals surface area contributed by atoms with Crippen molar-refractivity contribution in [1.29, 1.82) is 0 Å². The summed E-state index contributed by atoms with van der Waals surface area (Å²) in [6.07, 6.45) is 7.47. The molecule has 1 saturated heterocycles. The Morgan fingerprint density at radius 3 is 2.70 bits per heavy atom. The van der Waals surface area contributed by atoms with E-state index in [2.05, 4.69) is 24.6 Å². The van der Waals surface area contributed by atoms with Crippen LogP contribution < -0.4 is 0 Å². The number of rotatable bonds is 3. The molecular weight excluding hydrogens is 270 g/mol. The highest BCUT2D eigenvalue weighted by molar-refractivity contribution is 7.71. The Bertz CT molecular complexity index is 658. The van der Waals surface area contributed by atoms with Crippen molar-refractivity contribution in [1.82, 2.24) is 24.6 Å². The highest BCUT2D eigenvalue weighted by Gasteiger charge is 2.35. The third-order valence-corrected chi connectivity index (χ3v) is 4.55. The molecule has 5 nitrogen and oxygen atoms in total. The average Bonchev–Trinajstić information content (AvgIpc) is 3.09. The van der Waals surface area contributed by atoms with Gasteiger partial charge in [-0.25, -0.2) is 0 Å². The van der Waals surface area contributed by atoms with Crippen molar-refractivity contribution in [3.05, 3.63) is 29.3 Å². The predicted octanol–water partition coefficient (Wildman–Crippen LogP) is 2.41. The molecule has 1 unspecified atom stereocenters. The Morgan fingerprint density at radius 1 is 1.15 bits per heavy atom. The number of nitrogens with zero attached hydrogens (tertiary/aromatic N) is 4. The molecule has 104 valence electrons. The van der Waals surface area contributed by atoms with Crippen LogP contribution in [0.25, 0.3) is 11.4 Å². The van der Waals surface area contributed by atoms with Crippen LogP contribution in [0.4, 0.5) is 0 Å². The van der Waals surface area contributed by atoms with E-state index in [0.29, 0.717) is 6.04 Å². The van der Waals surface area contributed by atoms with Crippen LogP contribution in [-0.4, -0.2) is 43.8 Å². The molecule has 2 aromatic heterocycles. The first-order chi connectivity index (χ1) is 9.83. The number of likely N-dealkylation sites (tertiary alicyclic amines) is 1. The standard InChI is InChI=1S/C14H17N5S/c20-14-17-16-13(10-3-6-15-7-4-10)19(14)12-5-8-18(9-12)11-1-2-11/h3-4,6-7,11-12H,1-2,5,8-9H2,(H,17,20). The van der Waals surface area contributed by atoms with Crippen molar-refractivity contribution < 1.29 is 0 Å². The molecule has 20 heavy (non-hydrogen) atoms. The summed E-state index contributed by atoms with van der Waals surface area (Å²) in [7, 11) is 0. The fourth-order valence-corrected chi connectivity index (χ4v) is 3.38. The fourth-order valence-electron chi connectivity index (χ4n) is 3.10. The average molecular weight is 287 g/mol. The highest BCUT2D eigenvalue weighted by Crippen LogP contribution is 2.34. The molecule has 0 aromatic carbocycles. The molecule has 3 heterocycles. The van der Waals surface area contributed by atoms with E-state index in [-0.39, 0.29) is 0 Å². The SMILES string of the molecule is S=c1[nH]nc(-c2ccncc2)n1C1CCN(C2CC2)C1. The Labute approximate surface area is 122 Å². The van der Waals surface area contributed by atoms with Crippen LogP contribution in [0.3, 0.4) is 0 Å². The van der Waals surface area contributed by atoms with E-state index in [9.17, 15) is 0 Å². The van der Waals surface area contributed by atoms with Gasteiger partial charge in [-0.2, -0.15) is 5.10 Å². The zero-order valence-corrected chi connectivity index (χ0v) is 12.0. The molecular formula is C14H17N5S. The van der Waals surface area contributed by atoms with Crippen LogP contribution in [0, 0.1) is 4.77 Å². The summed E-state index contributed by atoms with van der Waals surface area (Å²) in [6, 6.07) is 5.22. The van der Waals surface area contributed by atoms with Crippen molar-refractivity contribution in [2.24, 2.45) is 0 Å². The van der Waals surface area contributed by atoms with E-state index in [0.717, 1.165) is 35.2 Å². The molecule has 1 aliphatic heterocycles. The Morgan fingerprint density at radius 2 is 1.95 bits per heavy atom. The maximum atomic E-state index is 5.44. The summed E-state index contributed by atoms with van der Waals surface area (Å²) < 4.78 is 2.91. The van der Waals surface area contributed by atoms with Crippen molar-refractivity contribution in [2.75, 3.05) is 13.1 Å². The van der Waals surface area contributed by atoms with Crippen LogP contribution in [-0.2, 0) is 0 Å². The Balaban J connectivity index is 1.68. The van der Waals surface area contributed by atoms with Crippen molar-refractivity contribution in [3.8, 4) is 11.4 Å². The number of aromatic nitrogens is 4. The molecule has 6 heteroatoms. The second-order valence-corrected chi connectivity index (χ2v) is 6.01. The molecule has 2 fully saturated rings. The van der Waals surface area contributed by atoms with Gasteiger partial charge in [-0.1, -0.05) is 0 Å². The smallest absolute Gasteiger partial charge is 0.195 e. The predicted molar refractivity (Wildman–Crippen MR) is 78.9 cm³/mol. The maximum absolute atomic E-state index is 5.44. The molecule has 4 rings (SSSR count). The van der Waals surface area contributed by atoms with Gasteiger partial charge in [0.2, 0.25) is 0 Å². The van der Waals surface area contributed by atoms with Gasteiger partial charge in [-0.3, -0.25) is 19.5 Å². The summed E-state index contributed by atoms with van der Waals surface area (Å²) in [5.74, 6) is 0.931. The monoisotopic (exact) mass is 287 g/mol. The van der Waals surface area contributed by atoms with Gasteiger partial charge in [0.25, 0.3) is 0 Å². The van der Waals surface area contributed by atoms with E-state index < -0.39 is 0 Å². The molecule has 0 amide bonds. The number of nitrogens with one attached hydrogen (secondary N) is 1. The first kappa shape index (κ1) is 12.2. The van der Waals surface area contributed by atoms with Gasteiger partial charge in [-0.05, 0) is 43.6 Å². The van der Waals surface area contributed by atoms with Gasteiger partial charge in [0.05, 0.1) is 6.04 Å². The van der Waals surface area contributed by atoms with Crippen LogP contribution in [0.2, 0.25) is 0 Å². The highest BCUT2D eigenvalue weighted by atomic mass is 32.1. The largest absolute Gasteiger partial charge is 0.298 e. The topological polar surface area (TPSA) is 49.7 Å². The molecule has 1 saturated carbocycles. The second kappa shape index (κ2) is 4.79. The minimum Gasteiger partial charge on any atom is -0.298 e.